The van der Waals surface area contributed by atoms with Crippen LogP contribution >= 0.6 is 0 Å². The van der Waals surface area contributed by atoms with E-state index in [1.54, 1.807) is 13.3 Å². The molecule has 2 aromatic carbocycles. The number of fused-ring (bicyclic) bond motifs is 1. The zero-order chi connectivity index (χ0) is 19.3. The van der Waals surface area contributed by atoms with Gasteiger partial charge in [0.15, 0.2) is 0 Å². The van der Waals surface area contributed by atoms with Gasteiger partial charge in [0, 0.05) is 19.3 Å². The van der Waals surface area contributed by atoms with Gasteiger partial charge in [0.05, 0.1) is 31.6 Å². The summed E-state index contributed by atoms with van der Waals surface area (Å²) in [5.41, 5.74) is 1.70. The van der Waals surface area contributed by atoms with Gasteiger partial charge in [0.25, 0.3) is 0 Å². The van der Waals surface area contributed by atoms with Crippen LogP contribution in [0.25, 0.3) is 10.8 Å². The van der Waals surface area contributed by atoms with Crippen LogP contribution in [0.3, 0.4) is 0 Å². The monoisotopic (exact) mass is 380 g/mol. The smallest absolute Gasteiger partial charge is 0.319 e. The van der Waals surface area contributed by atoms with Crippen LogP contribution in [0, 0.1) is 0 Å². The highest BCUT2D eigenvalue weighted by Gasteiger charge is 2.16. The van der Waals surface area contributed by atoms with Gasteiger partial charge in [-0.2, -0.15) is 5.10 Å². The van der Waals surface area contributed by atoms with Crippen LogP contribution in [0.2, 0.25) is 0 Å². The van der Waals surface area contributed by atoms with Gasteiger partial charge in [0.2, 0.25) is 0 Å². The van der Waals surface area contributed by atoms with Gasteiger partial charge < -0.3 is 20.1 Å². The first-order valence-corrected chi connectivity index (χ1v) is 9.45. The van der Waals surface area contributed by atoms with Gasteiger partial charge in [0.1, 0.15) is 5.75 Å². The van der Waals surface area contributed by atoms with E-state index in [0.29, 0.717) is 18.8 Å². The molecule has 146 valence electrons. The largest absolute Gasteiger partial charge is 0.497 e. The number of ether oxygens (including phenoxy) is 2. The zero-order valence-corrected chi connectivity index (χ0v) is 15.9. The Hall–Kier alpha value is -3.06. The first kappa shape index (κ1) is 18.3. The Morgan fingerprint density at radius 1 is 1.29 bits per heavy atom. The van der Waals surface area contributed by atoms with Crippen molar-refractivity contribution in [2.45, 2.75) is 32.0 Å². The predicted molar refractivity (Wildman–Crippen MR) is 108 cm³/mol. The lowest BCUT2D eigenvalue weighted by Gasteiger charge is -2.09. The van der Waals surface area contributed by atoms with Crippen molar-refractivity contribution in [1.29, 1.82) is 0 Å². The molecule has 1 aromatic heterocycles. The Morgan fingerprint density at radius 2 is 2.14 bits per heavy atom. The first-order chi connectivity index (χ1) is 13.7. The van der Waals surface area contributed by atoms with Gasteiger partial charge in [-0.15, -0.1) is 0 Å². The van der Waals surface area contributed by atoms with E-state index in [-0.39, 0.29) is 12.1 Å². The molecule has 0 saturated carbocycles. The molecule has 1 unspecified atom stereocenters. The fraction of sp³-hybridized carbons (Fsp3) is 0.333. The van der Waals surface area contributed by atoms with Crippen molar-refractivity contribution in [3.8, 4) is 5.75 Å². The third-order valence-electron chi connectivity index (χ3n) is 4.87. The summed E-state index contributed by atoms with van der Waals surface area (Å²) in [6.45, 7) is 1.98. The van der Waals surface area contributed by atoms with Gasteiger partial charge in [-0.25, -0.2) is 4.79 Å². The molecule has 28 heavy (non-hydrogen) atoms. The van der Waals surface area contributed by atoms with Crippen molar-refractivity contribution in [3.63, 3.8) is 0 Å². The highest BCUT2D eigenvalue weighted by Crippen LogP contribution is 2.22. The second-order valence-corrected chi connectivity index (χ2v) is 6.94. The van der Waals surface area contributed by atoms with E-state index in [2.05, 4.69) is 21.8 Å². The van der Waals surface area contributed by atoms with Crippen LogP contribution in [0.5, 0.6) is 5.75 Å². The number of methoxy groups -OCH3 is 1. The molecule has 1 aliphatic heterocycles. The molecule has 0 spiro atoms. The Balaban J connectivity index is 1.30. The third-order valence-corrected chi connectivity index (χ3v) is 4.87. The van der Waals surface area contributed by atoms with E-state index in [1.165, 1.54) is 0 Å². The van der Waals surface area contributed by atoms with Gasteiger partial charge in [-0.3, -0.25) is 4.68 Å². The normalized spacial score (nSPS) is 16.2. The van der Waals surface area contributed by atoms with E-state index in [4.69, 9.17) is 9.47 Å². The van der Waals surface area contributed by atoms with Crippen molar-refractivity contribution in [2.24, 2.45) is 0 Å². The summed E-state index contributed by atoms with van der Waals surface area (Å²) >= 11 is 0. The maximum absolute atomic E-state index is 12.2. The highest BCUT2D eigenvalue weighted by atomic mass is 16.5. The highest BCUT2D eigenvalue weighted by molar-refractivity contribution is 5.89. The Bertz CT molecular complexity index is 963. The molecule has 7 nitrogen and oxygen atoms in total. The number of rotatable bonds is 6. The van der Waals surface area contributed by atoms with Crippen LogP contribution < -0.4 is 15.4 Å². The first-order valence-electron chi connectivity index (χ1n) is 9.45. The third kappa shape index (κ3) is 4.43. The molecule has 1 atom stereocenters. The molecule has 0 bridgehead atoms. The standard InChI is InChI=1S/C21H24N4O3/c1-27-19-7-6-16-9-15(4-5-17(16)10-19)11-22-21(26)24-18-12-23-25(13-18)14-20-3-2-8-28-20/h4-7,9-10,12-13,20H,2-3,8,11,14H2,1H3,(H2,22,24,26). The Kier molecular flexibility index (Phi) is 5.43. The van der Waals surface area contributed by atoms with E-state index < -0.39 is 0 Å². The minimum Gasteiger partial charge on any atom is -0.497 e. The Morgan fingerprint density at radius 3 is 2.96 bits per heavy atom. The molecule has 1 aliphatic rings. The van der Waals surface area contributed by atoms with Crippen LogP contribution in [0.15, 0.2) is 48.8 Å². The van der Waals surface area contributed by atoms with Gasteiger partial charge >= 0.3 is 6.03 Å². The fourth-order valence-electron chi connectivity index (χ4n) is 3.39. The number of hydrogen-bond acceptors (Lipinski definition) is 4. The molecule has 1 fully saturated rings. The molecule has 7 heteroatoms. The van der Waals surface area contributed by atoms with E-state index in [9.17, 15) is 4.79 Å². The summed E-state index contributed by atoms with van der Waals surface area (Å²) in [5.74, 6) is 0.831. The quantitative estimate of drug-likeness (QED) is 0.686. The topological polar surface area (TPSA) is 77.4 Å². The van der Waals surface area contributed by atoms with E-state index >= 15 is 0 Å². The maximum atomic E-state index is 12.2. The Labute approximate surface area is 163 Å². The molecule has 2 amide bonds. The van der Waals surface area contributed by atoms with Crippen molar-refractivity contribution < 1.29 is 14.3 Å². The second kappa shape index (κ2) is 8.31. The fourth-order valence-corrected chi connectivity index (χ4v) is 3.39. The molecule has 4 rings (SSSR count). The van der Waals surface area contributed by atoms with Crippen LogP contribution in [0.4, 0.5) is 10.5 Å². The van der Waals surface area contributed by atoms with Crippen molar-refractivity contribution >= 4 is 22.5 Å². The molecular formula is C21H24N4O3. The summed E-state index contributed by atoms with van der Waals surface area (Å²) in [4.78, 5) is 12.2. The zero-order valence-electron chi connectivity index (χ0n) is 15.9. The number of amides is 2. The van der Waals surface area contributed by atoms with E-state index in [0.717, 1.165) is 41.5 Å². The second-order valence-electron chi connectivity index (χ2n) is 6.94. The van der Waals surface area contributed by atoms with Crippen LogP contribution in [0.1, 0.15) is 18.4 Å². The minimum absolute atomic E-state index is 0.217. The SMILES string of the molecule is COc1ccc2cc(CNC(=O)Nc3cnn(CC4CCCO4)c3)ccc2c1. The van der Waals surface area contributed by atoms with Crippen molar-refractivity contribution in [3.05, 3.63) is 54.4 Å². The number of hydrogen-bond donors (Lipinski definition) is 2. The number of nitrogens with zero attached hydrogens (tertiary/aromatic N) is 2. The summed E-state index contributed by atoms with van der Waals surface area (Å²) in [5, 5.41) is 12.2. The van der Waals surface area contributed by atoms with Crippen LogP contribution in [-0.4, -0.2) is 35.6 Å². The summed E-state index contributed by atoms with van der Waals surface area (Å²) in [7, 11) is 1.66. The van der Waals surface area contributed by atoms with Crippen LogP contribution in [-0.2, 0) is 17.8 Å². The number of carbonyl (C=O) groups excluding carboxylic acids is 1. The molecule has 0 aliphatic carbocycles. The lowest BCUT2D eigenvalue weighted by molar-refractivity contribution is 0.0940. The average Bonchev–Trinajstić information content (AvgIpc) is 3.38. The van der Waals surface area contributed by atoms with Crippen molar-refractivity contribution in [2.75, 3.05) is 19.0 Å². The summed E-state index contributed by atoms with van der Waals surface area (Å²) in [6, 6.07) is 11.8. The number of anilines is 1. The van der Waals surface area contributed by atoms with E-state index in [1.807, 2.05) is 41.2 Å². The van der Waals surface area contributed by atoms with Crippen molar-refractivity contribution in [1.82, 2.24) is 15.1 Å². The molecular weight excluding hydrogens is 356 g/mol. The molecule has 0 radical (unpaired) electrons. The van der Waals surface area contributed by atoms with Gasteiger partial charge in [-0.05, 0) is 47.4 Å². The number of urea groups is 1. The number of aromatic nitrogens is 2. The average molecular weight is 380 g/mol. The summed E-state index contributed by atoms with van der Waals surface area (Å²) < 4.78 is 12.7. The minimum atomic E-state index is -0.258. The molecule has 2 heterocycles. The number of benzene rings is 2. The van der Waals surface area contributed by atoms with Gasteiger partial charge in [-0.1, -0.05) is 18.2 Å². The predicted octanol–water partition coefficient (Wildman–Crippen LogP) is 3.55. The molecule has 2 N–H and O–H groups in total. The lowest BCUT2D eigenvalue weighted by atomic mass is 10.1. The molecule has 3 aromatic rings. The molecule has 1 saturated heterocycles. The maximum Gasteiger partial charge on any atom is 0.319 e. The summed E-state index contributed by atoms with van der Waals surface area (Å²) in [6.07, 6.45) is 5.85. The number of nitrogens with one attached hydrogen (secondary N) is 2. The lowest BCUT2D eigenvalue weighted by Crippen LogP contribution is -2.28. The number of carbonyl (C=O) groups is 1.